The Labute approximate surface area is 205 Å². The molecule has 0 radical (unpaired) electrons. The second-order valence-electron chi connectivity index (χ2n) is 8.90. The van der Waals surface area contributed by atoms with Gasteiger partial charge in [-0.25, -0.2) is 9.48 Å². The molecule has 2 heterocycles. The molecule has 1 aromatic carbocycles. The number of aromatic nitrogens is 2. The number of methoxy groups -OCH3 is 2. The van der Waals surface area contributed by atoms with Crippen LogP contribution in [0.1, 0.15) is 53.8 Å². The zero-order valence-electron chi connectivity index (χ0n) is 20.0. The first-order valence-corrected chi connectivity index (χ1v) is 11.6. The molecule has 2 aliphatic rings. The topological polar surface area (TPSA) is 103 Å². The quantitative estimate of drug-likeness (QED) is 0.577. The second kappa shape index (κ2) is 9.82. The molecule has 1 saturated carbocycles. The summed E-state index contributed by atoms with van der Waals surface area (Å²) in [5.41, 5.74) is -2.24. The van der Waals surface area contributed by atoms with Crippen molar-refractivity contribution in [3.05, 3.63) is 41.2 Å². The molecule has 1 aliphatic heterocycles. The Hall–Kier alpha value is -3.57. The predicted octanol–water partition coefficient (Wildman–Crippen LogP) is 2.89. The summed E-state index contributed by atoms with van der Waals surface area (Å²) in [7, 11) is 2.73. The van der Waals surface area contributed by atoms with Gasteiger partial charge in [0, 0.05) is 25.1 Å². The third kappa shape index (κ3) is 4.76. The van der Waals surface area contributed by atoms with Crippen LogP contribution in [0.25, 0.3) is 5.69 Å². The summed E-state index contributed by atoms with van der Waals surface area (Å²) in [6.07, 6.45) is -2.40. The third-order valence-electron chi connectivity index (χ3n) is 6.71. The lowest BCUT2D eigenvalue weighted by atomic mass is 9.97. The van der Waals surface area contributed by atoms with Gasteiger partial charge in [0.15, 0.2) is 5.69 Å². The van der Waals surface area contributed by atoms with Gasteiger partial charge in [-0.15, -0.1) is 0 Å². The van der Waals surface area contributed by atoms with Gasteiger partial charge in [0.1, 0.15) is 17.0 Å². The van der Waals surface area contributed by atoms with Crippen molar-refractivity contribution in [2.24, 2.45) is 0 Å². The van der Waals surface area contributed by atoms with Crippen molar-refractivity contribution in [3.63, 3.8) is 0 Å². The second-order valence-corrected chi connectivity index (χ2v) is 8.90. The van der Waals surface area contributed by atoms with Gasteiger partial charge in [0.2, 0.25) is 5.91 Å². The standard InChI is InChI=1S/C24H27F3N4O5/c1-35-16-7-5-15(6-8-16)31-19-17(20(29-31)24(25,26)27)9-13-30(21(19)33)14-10-18(32)28-23(22(34)36-2)11-3-4-12-23/h5-8H,3-4,9-14H2,1-2H3,(H,28,32). The van der Waals surface area contributed by atoms with E-state index in [4.69, 9.17) is 9.47 Å². The number of nitrogens with zero attached hydrogens (tertiary/aromatic N) is 3. The zero-order valence-corrected chi connectivity index (χ0v) is 20.0. The maximum Gasteiger partial charge on any atom is 0.435 e. The molecule has 12 heteroatoms. The molecule has 9 nitrogen and oxygen atoms in total. The first kappa shape index (κ1) is 25.5. The molecule has 1 fully saturated rings. The van der Waals surface area contributed by atoms with Crippen molar-refractivity contribution >= 4 is 17.8 Å². The van der Waals surface area contributed by atoms with Crippen LogP contribution in [0.5, 0.6) is 5.75 Å². The number of benzene rings is 1. The van der Waals surface area contributed by atoms with Gasteiger partial charge in [0.25, 0.3) is 5.91 Å². The number of ether oxygens (including phenoxy) is 2. The summed E-state index contributed by atoms with van der Waals surface area (Å²) in [5.74, 6) is -1.08. The Bertz CT molecular complexity index is 1150. The summed E-state index contributed by atoms with van der Waals surface area (Å²) in [6.45, 7) is -0.00481. The number of carbonyl (C=O) groups is 3. The minimum absolute atomic E-state index is 0.0125. The molecule has 0 spiro atoms. The summed E-state index contributed by atoms with van der Waals surface area (Å²) in [4.78, 5) is 39.6. The van der Waals surface area contributed by atoms with Gasteiger partial charge >= 0.3 is 12.1 Å². The van der Waals surface area contributed by atoms with E-state index in [0.717, 1.165) is 17.5 Å². The van der Waals surface area contributed by atoms with E-state index in [0.29, 0.717) is 18.6 Å². The van der Waals surface area contributed by atoms with E-state index in [1.807, 2.05) is 0 Å². The highest BCUT2D eigenvalue weighted by Gasteiger charge is 2.45. The fourth-order valence-electron chi connectivity index (χ4n) is 4.88. The van der Waals surface area contributed by atoms with Crippen molar-refractivity contribution in [2.75, 3.05) is 27.3 Å². The van der Waals surface area contributed by atoms with Gasteiger partial charge in [-0.3, -0.25) is 9.59 Å². The molecular weight excluding hydrogens is 481 g/mol. The normalized spacial score (nSPS) is 17.0. The summed E-state index contributed by atoms with van der Waals surface area (Å²) < 4.78 is 52.1. The number of halogens is 3. The summed E-state index contributed by atoms with van der Waals surface area (Å²) >= 11 is 0. The summed E-state index contributed by atoms with van der Waals surface area (Å²) in [5, 5.41) is 6.51. The minimum Gasteiger partial charge on any atom is -0.497 e. The van der Waals surface area contributed by atoms with Crippen molar-refractivity contribution in [1.29, 1.82) is 0 Å². The Balaban J connectivity index is 1.55. The SMILES string of the molecule is COC(=O)C1(NC(=O)CCN2CCc3c(C(F)(F)F)nn(-c4ccc(OC)cc4)c3C2=O)CCCC1. The number of rotatable bonds is 7. The van der Waals surface area contributed by atoms with Crippen LogP contribution in [0, 0.1) is 0 Å². The molecule has 2 aromatic rings. The van der Waals surface area contributed by atoms with Crippen LogP contribution in [0.4, 0.5) is 13.2 Å². The minimum atomic E-state index is -4.73. The van der Waals surface area contributed by atoms with E-state index in [1.54, 1.807) is 12.1 Å². The van der Waals surface area contributed by atoms with Gasteiger partial charge in [-0.1, -0.05) is 12.8 Å². The number of hydrogen-bond acceptors (Lipinski definition) is 6. The average molecular weight is 508 g/mol. The predicted molar refractivity (Wildman–Crippen MR) is 121 cm³/mol. The smallest absolute Gasteiger partial charge is 0.435 e. The molecule has 1 N–H and O–H groups in total. The van der Waals surface area contributed by atoms with Crippen molar-refractivity contribution in [2.45, 2.75) is 50.2 Å². The van der Waals surface area contributed by atoms with E-state index >= 15 is 0 Å². The maximum absolute atomic E-state index is 13.7. The maximum atomic E-state index is 13.7. The summed E-state index contributed by atoms with van der Waals surface area (Å²) in [6, 6.07) is 6.15. The van der Waals surface area contributed by atoms with Gasteiger partial charge in [-0.05, 0) is 43.5 Å². The Morgan fingerprint density at radius 3 is 2.39 bits per heavy atom. The van der Waals surface area contributed by atoms with Crippen LogP contribution in [-0.4, -0.2) is 65.3 Å². The number of amides is 2. The number of fused-ring (bicyclic) bond motifs is 1. The van der Waals surface area contributed by atoms with Crippen LogP contribution in [0.3, 0.4) is 0 Å². The molecule has 0 saturated heterocycles. The fraction of sp³-hybridized carbons (Fsp3) is 0.500. The highest BCUT2D eigenvalue weighted by atomic mass is 19.4. The molecule has 1 aromatic heterocycles. The van der Waals surface area contributed by atoms with Crippen LogP contribution in [0.15, 0.2) is 24.3 Å². The van der Waals surface area contributed by atoms with Crippen molar-refractivity contribution in [1.82, 2.24) is 20.0 Å². The van der Waals surface area contributed by atoms with Crippen molar-refractivity contribution in [3.8, 4) is 11.4 Å². The average Bonchev–Trinajstić information content (AvgIpc) is 3.49. The lowest BCUT2D eigenvalue weighted by Gasteiger charge is -2.30. The number of nitrogens with one attached hydrogen (secondary N) is 1. The lowest BCUT2D eigenvalue weighted by molar-refractivity contribution is -0.150. The molecular formula is C24H27F3N4O5. The molecule has 0 atom stereocenters. The highest BCUT2D eigenvalue weighted by Crippen LogP contribution is 2.36. The first-order valence-electron chi connectivity index (χ1n) is 11.6. The Kier molecular flexibility index (Phi) is 6.96. The number of esters is 1. The molecule has 0 bridgehead atoms. The number of alkyl halides is 3. The monoisotopic (exact) mass is 508 g/mol. The highest BCUT2D eigenvalue weighted by molar-refractivity contribution is 5.96. The molecule has 36 heavy (non-hydrogen) atoms. The number of carbonyl (C=O) groups excluding carboxylic acids is 3. The van der Waals surface area contributed by atoms with Gasteiger partial charge in [0.05, 0.1) is 19.9 Å². The fourth-order valence-corrected chi connectivity index (χ4v) is 4.88. The Morgan fingerprint density at radius 1 is 1.14 bits per heavy atom. The van der Waals surface area contributed by atoms with Crippen LogP contribution < -0.4 is 10.1 Å². The van der Waals surface area contributed by atoms with E-state index in [-0.39, 0.29) is 42.9 Å². The largest absolute Gasteiger partial charge is 0.497 e. The van der Waals surface area contributed by atoms with Gasteiger partial charge < -0.3 is 19.7 Å². The van der Waals surface area contributed by atoms with Gasteiger partial charge in [-0.2, -0.15) is 18.3 Å². The lowest BCUT2D eigenvalue weighted by Crippen LogP contribution is -2.53. The number of hydrogen-bond donors (Lipinski definition) is 1. The van der Waals surface area contributed by atoms with E-state index < -0.39 is 35.2 Å². The molecule has 0 unspecified atom stereocenters. The van der Waals surface area contributed by atoms with E-state index in [1.165, 1.54) is 31.3 Å². The van der Waals surface area contributed by atoms with E-state index in [9.17, 15) is 27.6 Å². The molecule has 1 aliphatic carbocycles. The van der Waals surface area contributed by atoms with Crippen LogP contribution in [0.2, 0.25) is 0 Å². The van der Waals surface area contributed by atoms with Crippen LogP contribution >= 0.6 is 0 Å². The van der Waals surface area contributed by atoms with Crippen LogP contribution in [-0.2, 0) is 26.9 Å². The third-order valence-corrected chi connectivity index (χ3v) is 6.71. The van der Waals surface area contributed by atoms with E-state index in [2.05, 4.69) is 10.4 Å². The first-order chi connectivity index (χ1) is 17.1. The Morgan fingerprint density at radius 2 is 1.81 bits per heavy atom. The molecule has 2 amide bonds. The zero-order chi connectivity index (χ0) is 26.1. The molecule has 4 rings (SSSR count). The van der Waals surface area contributed by atoms with Crippen molar-refractivity contribution < 1.29 is 37.0 Å². The molecule has 194 valence electrons.